The Kier molecular flexibility index (Phi) is 6.29. The third kappa shape index (κ3) is 5.74. The number of hydrogen-bond acceptors (Lipinski definition) is 5. The van der Waals surface area contributed by atoms with Crippen molar-refractivity contribution in [3.05, 3.63) is 0 Å². The van der Waals surface area contributed by atoms with Crippen LogP contribution in [-0.4, -0.2) is 57.1 Å². The van der Waals surface area contributed by atoms with E-state index in [-0.39, 0.29) is 18.1 Å². The molecule has 1 saturated heterocycles. The molecule has 0 spiro atoms. The van der Waals surface area contributed by atoms with E-state index >= 15 is 0 Å². The Balaban J connectivity index is 2.31. The summed E-state index contributed by atoms with van der Waals surface area (Å²) < 4.78 is 27.1. The fourth-order valence-corrected chi connectivity index (χ4v) is 2.77. The average molecular weight is 281 g/mol. The standard InChI is InChI=1S/C10H19NO4S2/c1-16(13)5-3-8-7-11-9(10(12)15-8)4-6-17(2)14/h8-9,11H,3-7H2,1-2H3. The number of ether oxygens (including phenoxy) is 1. The van der Waals surface area contributed by atoms with E-state index in [9.17, 15) is 13.2 Å². The van der Waals surface area contributed by atoms with Gasteiger partial charge in [0.2, 0.25) is 0 Å². The summed E-state index contributed by atoms with van der Waals surface area (Å²) in [6.07, 6.45) is 4.22. The van der Waals surface area contributed by atoms with E-state index in [4.69, 9.17) is 4.74 Å². The Hall–Kier alpha value is -0.270. The van der Waals surface area contributed by atoms with Crippen LogP contribution in [-0.2, 0) is 31.1 Å². The van der Waals surface area contributed by atoms with Crippen LogP contribution in [0.3, 0.4) is 0 Å². The number of morpholine rings is 1. The van der Waals surface area contributed by atoms with Gasteiger partial charge in [0.15, 0.2) is 0 Å². The van der Waals surface area contributed by atoms with Gasteiger partial charge in [-0.2, -0.15) is 0 Å². The molecule has 0 aliphatic carbocycles. The number of rotatable bonds is 6. The minimum atomic E-state index is -0.889. The van der Waals surface area contributed by atoms with Gasteiger partial charge in [-0.15, -0.1) is 0 Å². The summed E-state index contributed by atoms with van der Waals surface area (Å²) in [6, 6.07) is -0.345. The molecule has 1 aliphatic heterocycles. The van der Waals surface area contributed by atoms with Gasteiger partial charge in [0.05, 0.1) is 0 Å². The van der Waals surface area contributed by atoms with Gasteiger partial charge >= 0.3 is 5.97 Å². The highest BCUT2D eigenvalue weighted by atomic mass is 32.2. The van der Waals surface area contributed by atoms with Crippen LogP contribution in [0.15, 0.2) is 0 Å². The lowest BCUT2D eigenvalue weighted by molar-refractivity contribution is -0.156. The first-order chi connectivity index (χ1) is 7.99. The summed E-state index contributed by atoms with van der Waals surface area (Å²) >= 11 is 0. The van der Waals surface area contributed by atoms with Crippen molar-refractivity contribution in [3.8, 4) is 0 Å². The number of cyclic esters (lactones) is 1. The number of esters is 1. The molecule has 0 radical (unpaired) electrons. The molecule has 0 aromatic carbocycles. The van der Waals surface area contributed by atoms with E-state index in [1.807, 2.05) is 0 Å². The smallest absolute Gasteiger partial charge is 0.323 e. The third-order valence-corrected chi connectivity index (χ3v) is 4.20. The van der Waals surface area contributed by atoms with Crippen LogP contribution in [0.5, 0.6) is 0 Å². The molecule has 0 saturated carbocycles. The van der Waals surface area contributed by atoms with Crippen LogP contribution in [0, 0.1) is 0 Å². The quantitative estimate of drug-likeness (QED) is 0.659. The first-order valence-electron chi connectivity index (χ1n) is 5.53. The summed E-state index contributed by atoms with van der Waals surface area (Å²) in [4.78, 5) is 11.6. The predicted octanol–water partition coefficient (Wildman–Crippen LogP) is -0.593. The zero-order chi connectivity index (χ0) is 12.8. The molecule has 4 atom stereocenters. The third-order valence-electron chi connectivity index (χ3n) is 2.58. The molecule has 5 nitrogen and oxygen atoms in total. The molecule has 1 aliphatic rings. The molecule has 0 aromatic heterocycles. The van der Waals surface area contributed by atoms with Gasteiger partial charge in [0, 0.05) is 52.2 Å². The van der Waals surface area contributed by atoms with Gasteiger partial charge in [0.25, 0.3) is 0 Å². The predicted molar refractivity (Wildman–Crippen MR) is 68.8 cm³/mol. The topological polar surface area (TPSA) is 72.5 Å². The molecular weight excluding hydrogens is 262 g/mol. The van der Waals surface area contributed by atoms with Crippen molar-refractivity contribution in [2.45, 2.75) is 25.0 Å². The second-order valence-corrected chi connectivity index (χ2v) is 7.26. The van der Waals surface area contributed by atoms with E-state index in [2.05, 4.69) is 5.32 Å². The molecule has 1 heterocycles. The van der Waals surface area contributed by atoms with Gasteiger partial charge < -0.3 is 10.1 Å². The van der Waals surface area contributed by atoms with E-state index in [1.165, 1.54) is 0 Å². The maximum atomic E-state index is 11.6. The van der Waals surface area contributed by atoms with E-state index in [0.717, 1.165) is 0 Å². The summed E-state index contributed by atoms with van der Waals surface area (Å²) in [6.45, 7) is 0.587. The highest BCUT2D eigenvalue weighted by molar-refractivity contribution is 7.84. The molecule has 7 heteroatoms. The molecule has 1 rings (SSSR count). The summed E-state index contributed by atoms with van der Waals surface area (Å²) in [5.74, 6) is 0.758. The lowest BCUT2D eigenvalue weighted by Gasteiger charge is -2.29. The Morgan fingerprint density at radius 3 is 2.35 bits per heavy atom. The molecule has 4 unspecified atom stereocenters. The van der Waals surface area contributed by atoms with Crippen molar-refractivity contribution >= 4 is 27.6 Å². The summed E-state index contributed by atoms with van der Waals surface area (Å²) in [7, 11) is -1.74. The van der Waals surface area contributed by atoms with Crippen LogP contribution in [0.2, 0.25) is 0 Å². The van der Waals surface area contributed by atoms with Crippen molar-refractivity contribution < 1.29 is 17.9 Å². The molecule has 1 fully saturated rings. The number of carbonyl (C=O) groups is 1. The first-order valence-corrected chi connectivity index (χ1v) is 8.98. The van der Waals surface area contributed by atoms with Crippen LogP contribution < -0.4 is 5.32 Å². The fraction of sp³-hybridized carbons (Fsp3) is 0.900. The van der Waals surface area contributed by atoms with Gasteiger partial charge in [-0.3, -0.25) is 13.2 Å². The average Bonchev–Trinajstić information content (AvgIpc) is 2.24. The second-order valence-electron chi connectivity index (χ2n) is 4.15. The molecular formula is C10H19NO4S2. The van der Waals surface area contributed by atoms with Crippen molar-refractivity contribution in [2.24, 2.45) is 0 Å². The summed E-state index contributed by atoms with van der Waals surface area (Å²) in [5, 5.41) is 3.09. The van der Waals surface area contributed by atoms with Crippen LogP contribution in [0.25, 0.3) is 0 Å². The zero-order valence-electron chi connectivity index (χ0n) is 10.1. The SMILES string of the molecule is CS(=O)CCC1CNC(CCS(C)=O)C(=O)O1. The molecule has 0 bridgehead atoms. The van der Waals surface area contributed by atoms with Crippen molar-refractivity contribution in [1.82, 2.24) is 5.32 Å². The lowest BCUT2D eigenvalue weighted by Crippen LogP contribution is -2.50. The minimum Gasteiger partial charge on any atom is -0.460 e. The largest absolute Gasteiger partial charge is 0.460 e. The van der Waals surface area contributed by atoms with Crippen LogP contribution in [0.4, 0.5) is 0 Å². The minimum absolute atomic E-state index is 0.185. The maximum absolute atomic E-state index is 11.6. The summed E-state index contributed by atoms with van der Waals surface area (Å²) in [5.41, 5.74) is 0. The van der Waals surface area contributed by atoms with Crippen molar-refractivity contribution in [3.63, 3.8) is 0 Å². The first kappa shape index (κ1) is 14.8. The maximum Gasteiger partial charge on any atom is 0.323 e. The highest BCUT2D eigenvalue weighted by Gasteiger charge is 2.29. The van der Waals surface area contributed by atoms with E-state index in [1.54, 1.807) is 12.5 Å². The molecule has 0 aromatic rings. The lowest BCUT2D eigenvalue weighted by atomic mass is 10.1. The fourth-order valence-electron chi connectivity index (χ4n) is 1.61. The molecule has 17 heavy (non-hydrogen) atoms. The number of hydrogen-bond donors (Lipinski definition) is 1. The normalized spacial score (nSPS) is 28.5. The van der Waals surface area contributed by atoms with Crippen molar-refractivity contribution in [1.29, 1.82) is 0 Å². The molecule has 0 amide bonds. The monoisotopic (exact) mass is 281 g/mol. The highest BCUT2D eigenvalue weighted by Crippen LogP contribution is 2.09. The Labute approximate surface area is 107 Å². The van der Waals surface area contributed by atoms with Gasteiger partial charge in [0.1, 0.15) is 12.1 Å². The van der Waals surface area contributed by atoms with Gasteiger partial charge in [-0.25, -0.2) is 0 Å². The van der Waals surface area contributed by atoms with Gasteiger partial charge in [-0.05, 0) is 12.8 Å². The Bertz CT molecular complexity index is 321. The van der Waals surface area contributed by atoms with Crippen molar-refractivity contribution in [2.75, 3.05) is 30.6 Å². The van der Waals surface area contributed by atoms with Crippen LogP contribution >= 0.6 is 0 Å². The number of nitrogens with one attached hydrogen (secondary N) is 1. The van der Waals surface area contributed by atoms with Crippen LogP contribution in [0.1, 0.15) is 12.8 Å². The van der Waals surface area contributed by atoms with E-state index < -0.39 is 21.6 Å². The molecule has 100 valence electrons. The Morgan fingerprint density at radius 1 is 1.24 bits per heavy atom. The zero-order valence-corrected chi connectivity index (χ0v) is 11.8. The van der Waals surface area contributed by atoms with Gasteiger partial charge in [-0.1, -0.05) is 0 Å². The Morgan fingerprint density at radius 2 is 1.82 bits per heavy atom. The molecule has 1 N–H and O–H groups in total. The second kappa shape index (κ2) is 7.23. The van der Waals surface area contributed by atoms with E-state index in [0.29, 0.717) is 30.9 Å². The number of carbonyl (C=O) groups excluding carboxylic acids is 1.